The number of rotatable bonds is 0. The van der Waals surface area contributed by atoms with E-state index in [2.05, 4.69) is 25.8 Å². The second-order valence-corrected chi connectivity index (χ2v) is 2.95. The minimum Gasteiger partial charge on any atom is -0.296 e. The van der Waals surface area contributed by atoms with E-state index in [4.69, 9.17) is 0 Å². The maximum absolute atomic E-state index is 4.21. The first-order valence-corrected chi connectivity index (χ1v) is 4.22. The van der Waals surface area contributed by atoms with E-state index < -0.39 is 0 Å². The van der Waals surface area contributed by atoms with Crippen LogP contribution in [0.4, 0.5) is 11.4 Å². The average Bonchev–Trinajstić information content (AvgIpc) is 2.29. The van der Waals surface area contributed by atoms with Crippen LogP contribution in [0.3, 0.4) is 0 Å². The molecular weight excluding hydrogens is 178 g/mol. The number of nitrogens with zero attached hydrogens (tertiary/aromatic N) is 3. The number of nitrogens with one attached hydrogen (secondary N) is 2. The molecule has 0 radical (unpaired) electrons. The first kappa shape index (κ1) is 7.25. The summed E-state index contributed by atoms with van der Waals surface area (Å²) < 4.78 is 0. The molecule has 1 aromatic heterocycles. The predicted molar refractivity (Wildman–Crippen MR) is 54.4 cm³/mol. The van der Waals surface area contributed by atoms with Gasteiger partial charge in [-0.05, 0) is 12.1 Å². The molecule has 0 fully saturated rings. The van der Waals surface area contributed by atoms with E-state index in [0.717, 1.165) is 22.3 Å². The molecule has 0 spiro atoms. The molecule has 0 aliphatic carbocycles. The number of hydrazine groups is 1. The van der Waals surface area contributed by atoms with Gasteiger partial charge in [-0.3, -0.25) is 10.9 Å². The van der Waals surface area contributed by atoms with Gasteiger partial charge in [-0.25, -0.2) is 15.0 Å². The van der Waals surface area contributed by atoms with E-state index in [1.165, 1.54) is 6.33 Å². The van der Waals surface area contributed by atoms with Crippen molar-refractivity contribution in [1.82, 2.24) is 15.4 Å². The highest BCUT2D eigenvalue weighted by atomic mass is 15.4. The molecule has 0 bridgehead atoms. The Morgan fingerprint density at radius 1 is 1.21 bits per heavy atom. The van der Waals surface area contributed by atoms with Crippen molar-refractivity contribution in [3.8, 4) is 0 Å². The summed E-state index contributed by atoms with van der Waals surface area (Å²) in [4.78, 5) is 12.4. The van der Waals surface area contributed by atoms with Gasteiger partial charge in [0, 0.05) is 11.6 Å². The summed E-state index contributed by atoms with van der Waals surface area (Å²) >= 11 is 0. The molecule has 2 heterocycles. The molecule has 0 unspecified atom stereocenters. The Kier molecular flexibility index (Phi) is 1.38. The third kappa shape index (κ3) is 0.922. The molecule has 5 nitrogen and oxygen atoms in total. The molecular formula is C9H7N5. The van der Waals surface area contributed by atoms with Gasteiger partial charge in [0.05, 0.1) is 5.69 Å². The van der Waals surface area contributed by atoms with Crippen LogP contribution in [0, 0.1) is 0 Å². The van der Waals surface area contributed by atoms with Crippen LogP contribution in [0.5, 0.6) is 0 Å². The predicted octanol–water partition coefficient (Wildman–Crippen LogP) is 1.22. The second kappa shape index (κ2) is 2.66. The van der Waals surface area contributed by atoms with Gasteiger partial charge >= 0.3 is 0 Å². The monoisotopic (exact) mass is 185 g/mol. The van der Waals surface area contributed by atoms with Crippen LogP contribution in [-0.2, 0) is 0 Å². The summed E-state index contributed by atoms with van der Waals surface area (Å²) in [6, 6.07) is 3.89. The minimum atomic E-state index is 0.877. The van der Waals surface area contributed by atoms with Crippen LogP contribution in [0.1, 0.15) is 0 Å². The molecule has 14 heavy (non-hydrogen) atoms. The molecule has 68 valence electrons. The van der Waals surface area contributed by atoms with Crippen molar-refractivity contribution >= 4 is 28.6 Å². The van der Waals surface area contributed by atoms with Gasteiger partial charge in [0.25, 0.3) is 0 Å². The number of aromatic nitrogens is 2. The zero-order valence-corrected chi connectivity index (χ0v) is 7.23. The van der Waals surface area contributed by atoms with Gasteiger partial charge < -0.3 is 0 Å². The molecule has 0 amide bonds. The van der Waals surface area contributed by atoms with E-state index in [1.54, 1.807) is 12.5 Å². The lowest BCUT2D eigenvalue weighted by molar-refractivity contribution is 1.12. The maximum Gasteiger partial charge on any atom is 0.116 e. The van der Waals surface area contributed by atoms with Crippen molar-refractivity contribution in [2.45, 2.75) is 0 Å². The number of benzene rings is 1. The van der Waals surface area contributed by atoms with Gasteiger partial charge in [-0.15, -0.1) is 0 Å². The fourth-order valence-electron chi connectivity index (χ4n) is 1.48. The van der Waals surface area contributed by atoms with Crippen molar-refractivity contribution < 1.29 is 0 Å². The summed E-state index contributed by atoms with van der Waals surface area (Å²) in [7, 11) is 0. The SMILES string of the molecule is C1=Nc2ccc3cncnc3c2NN1. The quantitative estimate of drug-likeness (QED) is 0.647. The van der Waals surface area contributed by atoms with Gasteiger partial charge in [-0.2, -0.15) is 0 Å². The standard InChI is InChI=1S/C9H7N5/c1-2-7-9(14-13-5-11-7)8-6(1)3-10-4-12-8/h1-5,14H,(H,11,13). The molecule has 0 atom stereocenters. The third-order valence-electron chi connectivity index (χ3n) is 2.12. The van der Waals surface area contributed by atoms with Crippen LogP contribution in [0.2, 0.25) is 0 Å². The van der Waals surface area contributed by atoms with Crippen molar-refractivity contribution in [2.75, 3.05) is 5.43 Å². The number of hydrogen-bond acceptors (Lipinski definition) is 5. The first-order valence-electron chi connectivity index (χ1n) is 4.22. The Morgan fingerprint density at radius 3 is 3.21 bits per heavy atom. The van der Waals surface area contributed by atoms with Crippen LogP contribution in [0.25, 0.3) is 10.9 Å². The van der Waals surface area contributed by atoms with Crippen LogP contribution in [0.15, 0.2) is 29.6 Å². The number of hydrogen-bond donors (Lipinski definition) is 2. The zero-order chi connectivity index (χ0) is 9.38. The van der Waals surface area contributed by atoms with Crippen molar-refractivity contribution in [2.24, 2.45) is 4.99 Å². The van der Waals surface area contributed by atoms with E-state index in [1.807, 2.05) is 12.1 Å². The normalized spacial score (nSPS) is 13.1. The lowest BCUT2D eigenvalue weighted by Crippen LogP contribution is -2.22. The van der Waals surface area contributed by atoms with E-state index in [0.29, 0.717) is 0 Å². The average molecular weight is 185 g/mol. The Balaban J connectivity index is 2.41. The van der Waals surface area contributed by atoms with Gasteiger partial charge in [0.15, 0.2) is 0 Å². The molecule has 1 aliphatic rings. The smallest absolute Gasteiger partial charge is 0.116 e. The first-order chi connectivity index (χ1) is 6.95. The zero-order valence-electron chi connectivity index (χ0n) is 7.23. The summed E-state index contributed by atoms with van der Waals surface area (Å²) in [5.41, 5.74) is 8.50. The van der Waals surface area contributed by atoms with Crippen molar-refractivity contribution in [3.05, 3.63) is 24.7 Å². The van der Waals surface area contributed by atoms with E-state index >= 15 is 0 Å². The fourth-order valence-corrected chi connectivity index (χ4v) is 1.48. The highest BCUT2D eigenvalue weighted by molar-refractivity contribution is 5.98. The topological polar surface area (TPSA) is 62.2 Å². The number of aliphatic imine (C=N–C) groups is 1. The molecule has 0 saturated heterocycles. The Hall–Kier alpha value is -2.17. The lowest BCUT2D eigenvalue weighted by Gasteiger charge is -2.14. The molecule has 2 N–H and O–H groups in total. The van der Waals surface area contributed by atoms with E-state index in [9.17, 15) is 0 Å². The van der Waals surface area contributed by atoms with Gasteiger partial charge in [0.1, 0.15) is 23.9 Å². The summed E-state index contributed by atoms with van der Waals surface area (Å²) in [6.45, 7) is 0. The highest BCUT2D eigenvalue weighted by Crippen LogP contribution is 2.31. The largest absolute Gasteiger partial charge is 0.296 e. The van der Waals surface area contributed by atoms with Crippen LogP contribution >= 0.6 is 0 Å². The lowest BCUT2D eigenvalue weighted by atomic mass is 10.2. The summed E-state index contributed by atoms with van der Waals surface area (Å²) in [5, 5.41) is 0.998. The summed E-state index contributed by atoms with van der Waals surface area (Å²) in [6.07, 6.45) is 4.92. The number of anilines is 1. The fraction of sp³-hybridized carbons (Fsp3) is 0. The van der Waals surface area contributed by atoms with Crippen LogP contribution in [-0.4, -0.2) is 16.3 Å². The Labute approximate surface area is 79.9 Å². The molecule has 5 heteroatoms. The second-order valence-electron chi connectivity index (χ2n) is 2.95. The summed E-state index contributed by atoms with van der Waals surface area (Å²) in [5.74, 6) is 0. The van der Waals surface area contributed by atoms with Crippen molar-refractivity contribution in [1.29, 1.82) is 0 Å². The van der Waals surface area contributed by atoms with Crippen LogP contribution < -0.4 is 10.9 Å². The van der Waals surface area contributed by atoms with E-state index in [-0.39, 0.29) is 0 Å². The van der Waals surface area contributed by atoms with Crippen molar-refractivity contribution in [3.63, 3.8) is 0 Å². The highest BCUT2D eigenvalue weighted by Gasteiger charge is 2.09. The number of fused-ring (bicyclic) bond motifs is 3. The molecule has 3 rings (SSSR count). The molecule has 2 aromatic rings. The Morgan fingerprint density at radius 2 is 2.21 bits per heavy atom. The Bertz CT molecular complexity index is 520. The molecule has 1 aromatic carbocycles. The maximum atomic E-state index is 4.21. The van der Waals surface area contributed by atoms with Gasteiger partial charge in [-0.1, -0.05) is 0 Å². The minimum absolute atomic E-state index is 0.877. The molecule has 0 saturated carbocycles. The third-order valence-corrected chi connectivity index (χ3v) is 2.12. The van der Waals surface area contributed by atoms with Gasteiger partial charge in [0.2, 0.25) is 0 Å². The molecule has 1 aliphatic heterocycles.